The average Bonchev–Trinajstić information content (AvgIpc) is 2.65. The highest BCUT2D eigenvalue weighted by Crippen LogP contribution is 2.15. The van der Waals surface area contributed by atoms with E-state index in [1.54, 1.807) is 12.1 Å². The molecule has 0 aliphatic heterocycles. The maximum Gasteiger partial charge on any atom is 0.328 e. The first kappa shape index (κ1) is 22.3. The van der Waals surface area contributed by atoms with E-state index in [4.69, 9.17) is 21.5 Å². The van der Waals surface area contributed by atoms with Crippen molar-refractivity contribution in [3.63, 3.8) is 0 Å². The minimum atomic E-state index is -3.92. The molecule has 2 aromatic rings. The van der Waals surface area contributed by atoms with Gasteiger partial charge in [0.05, 0.1) is 15.5 Å². The molecule has 0 heterocycles. The zero-order valence-electron chi connectivity index (χ0n) is 15.2. The molecule has 0 saturated heterocycles. The van der Waals surface area contributed by atoms with E-state index in [1.165, 1.54) is 43.3 Å². The van der Waals surface area contributed by atoms with Crippen LogP contribution in [0.25, 0.3) is 0 Å². The molecule has 0 spiro atoms. The number of esters is 1. The summed E-state index contributed by atoms with van der Waals surface area (Å²) in [4.78, 5) is 35.9. The molecule has 0 radical (unpaired) electrons. The van der Waals surface area contributed by atoms with Gasteiger partial charge in [0.2, 0.25) is 10.0 Å². The van der Waals surface area contributed by atoms with Crippen LogP contribution in [0.1, 0.15) is 17.3 Å². The van der Waals surface area contributed by atoms with Crippen molar-refractivity contribution in [2.45, 2.75) is 17.9 Å². The fourth-order valence-corrected chi connectivity index (χ4v) is 2.97. The van der Waals surface area contributed by atoms with Gasteiger partial charge in [-0.05, 0) is 37.3 Å². The zero-order valence-corrected chi connectivity index (χ0v) is 16.8. The summed E-state index contributed by atoms with van der Waals surface area (Å²) in [6.07, 6.45) is 0. The largest absolute Gasteiger partial charge is 0.454 e. The summed E-state index contributed by atoms with van der Waals surface area (Å²) in [7, 11) is -3.92. The van der Waals surface area contributed by atoms with E-state index in [-0.39, 0.29) is 21.2 Å². The van der Waals surface area contributed by atoms with Gasteiger partial charge in [-0.25, -0.2) is 18.4 Å². The van der Waals surface area contributed by atoms with Crippen LogP contribution >= 0.6 is 11.6 Å². The van der Waals surface area contributed by atoms with Crippen LogP contribution in [0.2, 0.25) is 5.02 Å². The molecule has 2 amide bonds. The lowest BCUT2D eigenvalue weighted by Gasteiger charge is -2.14. The smallest absolute Gasteiger partial charge is 0.328 e. The van der Waals surface area contributed by atoms with Gasteiger partial charge in [0, 0.05) is 5.69 Å². The van der Waals surface area contributed by atoms with Gasteiger partial charge >= 0.3 is 5.97 Å². The van der Waals surface area contributed by atoms with Gasteiger partial charge in [-0.1, -0.05) is 29.8 Å². The molecule has 0 aliphatic carbocycles. The van der Waals surface area contributed by atoms with Crippen molar-refractivity contribution in [2.75, 3.05) is 11.9 Å². The molecule has 154 valence electrons. The first-order valence-corrected chi connectivity index (χ1v) is 10.1. The second-order valence-electron chi connectivity index (χ2n) is 5.90. The quantitative estimate of drug-likeness (QED) is 0.554. The molecule has 9 nitrogen and oxygen atoms in total. The van der Waals surface area contributed by atoms with Crippen LogP contribution in [0.15, 0.2) is 53.4 Å². The lowest BCUT2D eigenvalue weighted by molar-refractivity contribution is -0.148. The monoisotopic (exact) mass is 439 g/mol. The minimum Gasteiger partial charge on any atom is -0.454 e. The molecule has 29 heavy (non-hydrogen) atoms. The van der Waals surface area contributed by atoms with E-state index in [9.17, 15) is 22.8 Å². The van der Waals surface area contributed by atoms with E-state index >= 15 is 0 Å². The first-order valence-electron chi connectivity index (χ1n) is 8.22. The molecular formula is C18H18ClN3O6S. The van der Waals surface area contributed by atoms with Gasteiger partial charge in [0.25, 0.3) is 11.8 Å². The molecule has 0 saturated carbocycles. The third-order valence-corrected chi connectivity index (χ3v) is 4.85. The van der Waals surface area contributed by atoms with Gasteiger partial charge in [-0.3, -0.25) is 9.59 Å². The molecule has 2 aromatic carbocycles. The van der Waals surface area contributed by atoms with Gasteiger partial charge in [-0.2, -0.15) is 0 Å². The van der Waals surface area contributed by atoms with Crippen LogP contribution in [0.5, 0.6) is 0 Å². The van der Waals surface area contributed by atoms with Crippen LogP contribution in [0.3, 0.4) is 0 Å². The summed E-state index contributed by atoms with van der Waals surface area (Å²) in [5.41, 5.74) is 0.360. The number of ether oxygens (including phenoxy) is 1. The predicted octanol–water partition coefficient (Wildman–Crippen LogP) is 1.29. The Kier molecular flexibility index (Phi) is 7.32. The molecule has 4 N–H and O–H groups in total. The molecule has 11 heteroatoms. The SMILES string of the molecule is CC(NC(=O)c1ccccc1Cl)C(=O)OCC(=O)Nc1cccc(S(N)(=O)=O)c1. The van der Waals surface area contributed by atoms with Crippen molar-refractivity contribution in [3.8, 4) is 0 Å². The van der Waals surface area contributed by atoms with E-state index in [1.807, 2.05) is 0 Å². The normalized spacial score (nSPS) is 12.0. The highest BCUT2D eigenvalue weighted by Gasteiger charge is 2.20. The molecular weight excluding hydrogens is 422 g/mol. The fourth-order valence-electron chi connectivity index (χ4n) is 2.19. The minimum absolute atomic E-state index is 0.164. The third kappa shape index (κ3) is 6.56. The highest BCUT2D eigenvalue weighted by molar-refractivity contribution is 7.89. The Balaban J connectivity index is 1.87. The van der Waals surface area contributed by atoms with Gasteiger partial charge in [0.15, 0.2) is 6.61 Å². The van der Waals surface area contributed by atoms with Crippen molar-refractivity contribution in [2.24, 2.45) is 5.14 Å². The number of carbonyl (C=O) groups is 3. The van der Waals surface area contributed by atoms with Crippen molar-refractivity contribution < 1.29 is 27.5 Å². The lowest BCUT2D eigenvalue weighted by atomic mass is 10.2. The zero-order chi connectivity index (χ0) is 21.6. The number of hydrogen-bond donors (Lipinski definition) is 3. The average molecular weight is 440 g/mol. The third-order valence-electron chi connectivity index (χ3n) is 3.61. The number of rotatable bonds is 7. The summed E-state index contributed by atoms with van der Waals surface area (Å²) in [5.74, 6) is -2.10. The summed E-state index contributed by atoms with van der Waals surface area (Å²) >= 11 is 5.93. The van der Waals surface area contributed by atoms with Gasteiger partial charge < -0.3 is 15.4 Å². The summed E-state index contributed by atoms with van der Waals surface area (Å²) < 4.78 is 27.5. The summed E-state index contributed by atoms with van der Waals surface area (Å²) in [6, 6.07) is 10.6. The number of halogens is 1. The standard InChI is InChI=1S/C18H18ClN3O6S/c1-11(21-17(24)14-7-2-3-8-15(14)19)18(25)28-10-16(23)22-12-5-4-6-13(9-12)29(20,26)27/h2-9,11H,10H2,1H3,(H,21,24)(H,22,23)(H2,20,26,27). The van der Waals surface area contributed by atoms with E-state index in [0.29, 0.717) is 0 Å². The van der Waals surface area contributed by atoms with Crippen molar-refractivity contribution in [1.29, 1.82) is 0 Å². The maximum absolute atomic E-state index is 12.1. The number of nitrogens with one attached hydrogen (secondary N) is 2. The molecule has 1 unspecified atom stereocenters. The maximum atomic E-state index is 12.1. The molecule has 0 bridgehead atoms. The van der Waals surface area contributed by atoms with Crippen molar-refractivity contribution >= 4 is 45.1 Å². The fraction of sp³-hybridized carbons (Fsp3) is 0.167. The predicted molar refractivity (Wildman–Crippen MR) is 106 cm³/mol. The highest BCUT2D eigenvalue weighted by atomic mass is 35.5. The number of hydrogen-bond acceptors (Lipinski definition) is 6. The van der Waals surface area contributed by atoms with Gasteiger partial charge in [0.1, 0.15) is 6.04 Å². The number of nitrogens with two attached hydrogens (primary N) is 1. The van der Waals surface area contributed by atoms with Crippen LogP contribution in [-0.2, 0) is 24.3 Å². The number of benzene rings is 2. The number of amides is 2. The van der Waals surface area contributed by atoms with Crippen molar-refractivity contribution in [3.05, 3.63) is 59.1 Å². The Hall–Kier alpha value is -2.95. The number of anilines is 1. The first-order chi connectivity index (χ1) is 13.6. The van der Waals surface area contributed by atoms with Crippen LogP contribution in [0.4, 0.5) is 5.69 Å². The Morgan fingerprint density at radius 2 is 1.83 bits per heavy atom. The Labute approximate surface area is 172 Å². The topological polar surface area (TPSA) is 145 Å². The lowest BCUT2D eigenvalue weighted by Crippen LogP contribution is -2.40. The molecule has 1 atom stereocenters. The second-order valence-corrected chi connectivity index (χ2v) is 7.87. The van der Waals surface area contributed by atoms with Crippen molar-refractivity contribution in [1.82, 2.24) is 5.32 Å². The van der Waals surface area contributed by atoms with E-state index < -0.39 is 40.5 Å². The van der Waals surface area contributed by atoms with E-state index in [2.05, 4.69) is 10.6 Å². The van der Waals surface area contributed by atoms with E-state index in [0.717, 1.165) is 0 Å². The number of primary sulfonamides is 1. The molecule has 0 aliphatic rings. The summed E-state index contributed by atoms with van der Waals surface area (Å²) in [5, 5.41) is 10.1. The van der Waals surface area contributed by atoms with Crippen LogP contribution < -0.4 is 15.8 Å². The number of carbonyl (C=O) groups excluding carboxylic acids is 3. The second kappa shape index (κ2) is 9.50. The van der Waals surface area contributed by atoms with Crippen LogP contribution in [-0.4, -0.2) is 38.9 Å². The molecule has 0 fully saturated rings. The molecule has 0 aromatic heterocycles. The van der Waals surface area contributed by atoms with Crippen LogP contribution in [0, 0.1) is 0 Å². The number of sulfonamides is 1. The Morgan fingerprint density at radius 3 is 2.48 bits per heavy atom. The van der Waals surface area contributed by atoms with Gasteiger partial charge in [-0.15, -0.1) is 0 Å². The Morgan fingerprint density at radius 1 is 1.14 bits per heavy atom. The Bertz CT molecular complexity index is 1040. The summed E-state index contributed by atoms with van der Waals surface area (Å²) in [6.45, 7) is 0.759. The molecule has 2 rings (SSSR count).